The molecule has 2 aromatic rings. The van der Waals surface area contributed by atoms with Crippen LogP contribution in [0.4, 0.5) is 5.82 Å². The molecular weight excluding hydrogens is 324 g/mol. The highest BCUT2D eigenvalue weighted by atomic mass is 32.2. The van der Waals surface area contributed by atoms with E-state index in [4.69, 9.17) is 5.73 Å². The predicted octanol–water partition coefficient (Wildman–Crippen LogP) is 1.35. The third-order valence-corrected chi connectivity index (χ3v) is 5.49. The molecule has 126 valence electrons. The maximum absolute atomic E-state index is 12.5. The lowest BCUT2D eigenvalue weighted by Gasteiger charge is -2.26. The largest absolute Gasteiger partial charge is 0.349 e. The van der Waals surface area contributed by atoms with Crippen LogP contribution >= 0.6 is 11.8 Å². The fourth-order valence-corrected chi connectivity index (χ4v) is 4.18. The third kappa shape index (κ3) is 2.99. The number of hydrogen-bond acceptors (Lipinski definition) is 6. The maximum Gasteiger partial charge on any atom is 0.259 e. The summed E-state index contributed by atoms with van der Waals surface area (Å²) in [5.74, 6) is 1.66. The average Bonchev–Trinajstić information content (AvgIpc) is 3.23. The number of nitrogens with two attached hydrogens (primary N) is 1. The Kier molecular flexibility index (Phi) is 4.15. The van der Waals surface area contributed by atoms with Crippen LogP contribution in [0.5, 0.6) is 0 Å². The van der Waals surface area contributed by atoms with Crippen molar-refractivity contribution in [1.82, 2.24) is 20.3 Å². The molecule has 4 rings (SSSR count). The molecule has 1 aliphatic heterocycles. The van der Waals surface area contributed by atoms with Gasteiger partial charge in [0.1, 0.15) is 17.8 Å². The SMILES string of the molecule is N[C@H]1CC[C@H](NC(=O)C2=CN(c3ncnc4[nH]ccc34)CCS2)C1. The summed E-state index contributed by atoms with van der Waals surface area (Å²) in [6.45, 7) is 0.813. The van der Waals surface area contributed by atoms with Crippen LogP contribution in [0.25, 0.3) is 11.0 Å². The molecule has 0 aromatic carbocycles. The van der Waals surface area contributed by atoms with E-state index in [1.165, 1.54) is 0 Å². The van der Waals surface area contributed by atoms with Gasteiger partial charge in [0.05, 0.1) is 10.3 Å². The van der Waals surface area contributed by atoms with Gasteiger partial charge in [0.15, 0.2) is 0 Å². The molecular formula is C16H20N6OS. The average molecular weight is 344 g/mol. The lowest BCUT2D eigenvalue weighted by molar-refractivity contribution is -0.117. The van der Waals surface area contributed by atoms with Gasteiger partial charge in [-0.15, -0.1) is 11.8 Å². The molecule has 0 spiro atoms. The number of H-pyrrole nitrogens is 1. The fraction of sp³-hybridized carbons (Fsp3) is 0.438. The second-order valence-corrected chi connectivity index (χ2v) is 7.35. The Balaban J connectivity index is 1.54. The minimum absolute atomic E-state index is 0.0110. The minimum atomic E-state index is -0.0110. The molecule has 4 N–H and O–H groups in total. The highest BCUT2D eigenvalue weighted by Gasteiger charge is 2.26. The van der Waals surface area contributed by atoms with Gasteiger partial charge in [-0.25, -0.2) is 9.97 Å². The van der Waals surface area contributed by atoms with Crippen molar-refractivity contribution in [2.24, 2.45) is 5.73 Å². The van der Waals surface area contributed by atoms with Crippen LogP contribution in [0.15, 0.2) is 29.7 Å². The summed E-state index contributed by atoms with van der Waals surface area (Å²) in [5, 5.41) is 4.07. The van der Waals surface area contributed by atoms with Crippen LogP contribution in [0, 0.1) is 0 Å². The van der Waals surface area contributed by atoms with E-state index in [9.17, 15) is 4.79 Å². The van der Waals surface area contributed by atoms with E-state index in [1.54, 1.807) is 18.1 Å². The number of nitrogens with zero attached hydrogens (tertiary/aromatic N) is 3. The lowest BCUT2D eigenvalue weighted by Crippen LogP contribution is -2.36. The van der Waals surface area contributed by atoms with Crippen LogP contribution < -0.4 is 16.0 Å². The van der Waals surface area contributed by atoms with Crippen molar-refractivity contribution in [1.29, 1.82) is 0 Å². The van der Waals surface area contributed by atoms with E-state index in [-0.39, 0.29) is 18.0 Å². The molecule has 2 aromatic heterocycles. The summed E-state index contributed by atoms with van der Waals surface area (Å²) in [6, 6.07) is 2.36. The third-order valence-electron chi connectivity index (χ3n) is 4.50. The first-order chi connectivity index (χ1) is 11.7. The molecule has 7 nitrogen and oxygen atoms in total. The van der Waals surface area contributed by atoms with E-state index in [0.29, 0.717) is 0 Å². The Morgan fingerprint density at radius 2 is 2.33 bits per heavy atom. The topological polar surface area (TPSA) is 99.9 Å². The Bertz CT molecular complexity index is 788. The lowest BCUT2D eigenvalue weighted by atomic mass is 10.2. The zero-order chi connectivity index (χ0) is 16.5. The van der Waals surface area contributed by atoms with Gasteiger partial charge in [0, 0.05) is 36.8 Å². The molecule has 1 fully saturated rings. The van der Waals surface area contributed by atoms with Crippen LogP contribution in [-0.4, -0.2) is 45.2 Å². The first-order valence-electron chi connectivity index (χ1n) is 8.16. The van der Waals surface area contributed by atoms with E-state index in [2.05, 4.69) is 20.3 Å². The van der Waals surface area contributed by atoms with Crippen molar-refractivity contribution >= 4 is 34.5 Å². The predicted molar refractivity (Wildman–Crippen MR) is 95.5 cm³/mol. The number of amides is 1. The number of fused-ring (bicyclic) bond motifs is 1. The van der Waals surface area contributed by atoms with Gasteiger partial charge in [-0.05, 0) is 25.3 Å². The van der Waals surface area contributed by atoms with E-state index in [1.807, 2.05) is 23.4 Å². The monoisotopic (exact) mass is 344 g/mol. The summed E-state index contributed by atoms with van der Waals surface area (Å²) in [7, 11) is 0. The van der Waals surface area contributed by atoms with Crippen molar-refractivity contribution in [3.8, 4) is 0 Å². The van der Waals surface area contributed by atoms with Crippen molar-refractivity contribution in [3.05, 3.63) is 29.7 Å². The van der Waals surface area contributed by atoms with E-state index < -0.39 is 0 Å². The van der Waals surface area contributed by atoms with Crippen molar-refractivity contribution in [2.75, 3.05) is 17.2 Å². The van der Waals surface area contributed by atoms with Crippen molar-refractivity contribution in [3.63, 3.8) is 0 Å². The molecule has 2 aliphatic rings. The first-order valence-corrected chi connectivity index (χ1v) is 9.15. The van der Waals surface area contributed by atoms with Crippen LogP contribution in [0.2, 0.25) is 0 Å². The molecule has 24 heavy (non-hydrogen) atoms. The molecule has 8 heteroatoms. The number of aromatic amines is 1. The van der Waals surface area contributed by atoms with Crippen LogP contribution in [0.1, 0.15) is 19.3 Å². The molecule has 1 aliphatic carbocycles. The Labute approximate surface area is 144 Å². The minimum Gasteiger partial charge on any atom is -0.349 e. The van der Waals surface area contributed by atoms with Gasteiger partial charge in [-0.1, -0.05) is 0 Å². The second-order valence-electron chi connectivity index (χ2n) is 6.22. The highest BCUT2D eigenvalue weighted by molar-refractivity contribution is 8.04. The molecule has 1 amide bonds. The molecule has 0 bridgehead atoms. The number of rotatable bonds is 3. The number of nitrogens with one attached hydrogen (secondary N) is 2. The van der Waals surface area contributed by atoms with Crippen molar-refractivity contribution < 1.29 is 4.79 Å². The highest BCUT2D eigenvalue weighted by Crippen LogP contribution is 2.29. The first kappa shape index (κ1) is 15.5. The number of thioether (sulfide) groups is 1. The number of carbonyl (C=O) groups is 1. The van der Waals surface area contributed by atoms with Crippen molar-refractivity contribution in [2.45, 2.75) is 31.3 Å². The second kappa shape index (κ2) is 6.45. The van der Waals surface area contributed by atoms with Gasteiger partial charge >= 0.3 is 0 Å². The van der Waals surface area contributed by atoms with Gasteiger partial charge in [0.25, 0.3) is 5.91 Å². The van der Waals surface area contributed by atoms with E-state index in [0.717, 1.165) is 53.3 Å². The Morgan fingerprint density at radius 3 is 3.17 bits per heavy atom. The Morgan fingerprint density at radius 1 is 1.42 bits per heavy atom. The standard InChI is InChI=1S/C16H20N6OS/c17-10-1-2-11(7-10)21-16(23)13-8-22(5-6-24-13)15-12-3-4-18-14(12)19-9-20-15/h3-4,8-11H,1-2,5-7,17H2,(H,21,23)(H,18,19,20)/t10-,11-/m0/s1. The van der Waals surface area contributed by atoms with Gasteiger partial charge in [0.2, 0.25) is 0 Å². The summed E-state index contributed by atoms with van der Waals surface area (Å²) in [5.41, 5.74) is 6.73. The normalized spacial score (nSPS) is 24.2. The van der Waals surface area contributed by atoms with E-state index >= 15 is 0 Å². The summed E-state index contributed by atoms with van der Waals surface area (Å²) in [4.78, 5) is 27.0. The summed E-state index contributed by atoms with van der Waals surface area (Å²) in [6.07, 6.45) is 8.10. The summed E-state index contributed by atoms with van der Waals surface area (Å²) >= 11 is 1.59. The van der Waals surface area contributed by atoms with Gasteiger partial charge in [-0.3, -0.25) is 4.79 Å². The fourth-order valence-electron chi connectivity index (χ4n) is 3.28. The van der Waals surface area contributed by atoms with Crippen LogP contribution in [0.3, 0.4) is 0 Å². The van der Waals surface area contributed by atoms with Crippen LogP contribution in [-0.2, 0) is 4.79 Å². The number of aromatic nitrogens is 3. The molecule has 3 heterocycles. The number of hydrogen-bond donors (Lipinski definition) is 3. The smallest absolute Gasteiger partial charge is 0.259 e. The number of carbonyl (C=O) groups excluding carboxylic acids is 1. The number of anilines is 1. The van der Waals surface area contributed by atoms with Gasteiger partial charge < -0.3 is 20.9 Å². The van der Waals surface area contributed by atoms with Gasteiger partial charge in [-0.2, -0.15) is 0 Å². The maximum atomic E-state index is 12.5. The quantitative estimate of drug-likeness (QED) is 0.777. The molecule has 2 atom stereocenters. The zero-order valence-electron chi connectivity index (χ0n) is 13.2. The zero-order valence-corrected chi connectivity index (χ0v) is 14.1. The molecule has 0 saturated heterocycles. The molecule has 0 radical (unpaired) electrons. The molecule has 0 unspecified atom stereocenters. The summed E-state index contributed by atoms with van der Waals surface area (Å²) < 4.78 is 0. The molecule has 1 saturated carbocycles. The Hall–Kier alpha value is -2.06.